The number of likely N-dealkylation sites (tertiary alicyclic amines) is 1. The Bertz CT molecular complexity index is 650. The van der Waals surface area contributed by atoms with E-state index in [1.54, 1.807) is 13.3 Å². The van der Waals surface area contributed by atoms with E-state index in [0.717, 1.165) is 50.0 Å². The molecule has 0 spiro atoms. The maximum atomic E-state index is 5.70. The number of piperidine rings is 1. The van der Waals surface area contributed by atoms with Gasteiger partial charge in [0.05, 0.1) is 12.3 Å². The van der Waals surface area contributed by atoms with Gasteiger partial charge in [-0.25, -0.2) is 0 Å². The first-order valence-electron chi connectivity index (χ1n) is 9.48. The fourth-order valence-corrected chi connectivity index (χ4v) is 3.39. The predicted octanol–water partition coefficient (Wildman–Crippen LogP) is 2.61. The molecule has 1 atom stereocenters. The van der Waals surface area contributed by atoms with Crippen LogP contribution in [0.1, 0.15) is 36.8 Å². The van der Waals surface area contributed by atoms with Crippen LogP contribution in [-0.2, 0) is 6.42 Å². The third kappa shape index (κ3) is 5.33. The first-order valence-corrected chi connectivity index (χ1v) is 9.48. The van der Waals surface area contributed by atoms with Gasteiger partial charge in [0.1, 0.15) is 5.76 Å². The minimum Gasteiger partial charge on any atom is -0.468 e. The molecule has 1 unspecified atom stereocenters. The molecule has 0 bridgehead atoms. The van der Waals surface area contributed by atoms with Crippen LogP contribution in [0.4, 0.5) is 0 Å². The van der Waals surface area contributed by atoms with E-state index < -0.39 is 0 Å². The second-order valence-corrected chi connectivity index (χ2v) is 6.58. The second kappa shape index (κ2) is 9.97. The van der Waals surface area contributed by atoms with Gasteiger partial charge in [-0.15, -0.1) is 0 Å². The van der Waals surface area contributed by atoms with Crippen LogP contribution in [0.15, 0.2) is 52.2 Å². The molecule has 1 saturated heterocycles. The summed E-state index contributed by atoms with van der Waals surface area (Å²) in [4.78, 5) is 11.2. The molecule has 2 N–H and O–H groups in total. The molecule has 2 aromatic heterocycles. The van der Waals surface area contributed by atoms with Crippen molar-refractivity contribution in [3.05, 3.63) is 54.2 Å². The summed E-state index contributed by atoms with van der Waals surface area (Å²) in [5, 5.41) is 6.83. The summed E-state index contributed by atoms with van der Waals surface area (Å²) in [7, 11) is 1.80. The van der Waals surface area contributed by atoms with Crippen molar-refractivity contribution in [1.82, 2.24) is 20.5 Å². The van der Waals surface area contributed by atoms with E-state index in [2.05, 4.69) is 31.6 Å². The molecule has 1 fully saturated rings. The highest BCUT2D eigenvalue weighted by molar-refractivity contribution is 5.79. The van der Waals surface area contributed by atoms with Gasteiger partial charge in [0.15, 0.2) is 5.96 Å². The summed E-state index contributed by atoms with van der Waals surface area (Å²) in [5.74, 6) is 1.83. The number of nitrogens with one attached hydrogen (secondary N) is 2. The van der Waals surface area contributed by atoms with Crippen molar-refractivity contribution in [3.63, 3.8) is 0 Å². The fraction of sp³-hybridized carbons (Fsp3) is 0.500. The first kappa shape index (κ1) is 18.5. The molecule has 2 aromatic rings. The van der Waals surface area contributed by atoms with E-state index in [1.165, 1.54) is 19.3 Å². The lowest BCUT2D eigenvalue weighted by atomic mass is 10.1. The Morgan fingerprint density at radius 3 is 2.77 bits per heavy atom. The van der Waals surface area contributed by atoms with E-state index >= 15 is 0 Å². The molecular weight excluding hydrogens is 326 g/mol. The van der Waals surface area contributed by atoms with E-state index in [0.29, 0.717) is 0 Å². The molecule has 6 nitrogen and oxygen atoms in total. The molecule has 0 saturated carbocycles. The van der Waals surface area contributed by atoms with Crippen molar-refractivity contribution >= 4 is 5.96 Å². The van der Waals surface area contributed by atoms with Gasteiger partial charge in [0, 0.05) is 38.4 Å². The summed E-state index contributed by atoms with van der Waals surface area (Å²) in [5.41, 5.74) is 1.08. The summed E-state index contributed by atoms with van der Waals surface area (Å²) in [6.45, 7) is 3.82. The van der Waals surface area contributed by atoms with Gasteiger partial charge in [0.25, 0.3) is 0 Å². The summed E-state index contributed by atoms with van der Waals surface area (Å²) in [6, 6.07) is 10.3. The van der Waals surface area contributed by atoms with Crippen molar-refractivity contribution in [2.24, 2.45) is 4.99 Å². The van der Waals surface area contributed by atoms with Gasteiger partial charge in [-0.05, 0) is 50.2 Å². The maximum Gasteiger partial charge on any atom is 0.191 e. The molecule has 0 radical (unpaired) electrons. The zero-order chi connectivity index (χ0) is 18.0. The number of guanidine groups is 1. The normalized spacial score (nSPS) is 17.0. The van der Waals surface area contributed by atoms with Crippen molar-refractivity contribution in [2.45, 2.75) is 31.7 Å². The van der Waals surface area contributed by atoms with Crippen LogP contribution < -0.4 is 10.6 Å². The molecule has 6 heteroatoms. The van der Waals surface area contributed by atoms with Crippen LogP contribution in [0.5, 0.6) is 0 Å². The second-order valence-electron chi connectivity index (χ2n) is 6.58. The van der Waals surface area contributed by atoms with Crippen LogP contribution in [0, 0.1) is 0 Å². The van der Waals surface area contributed by atoms with Crippen LogP contribution in [-0.4, -0.2) is 49.1 Å². The largest absolute Gasteiger partial charge is 0.468 e. The highest BCUT2D eigenvalue weighted by atomic mass is 16.3. The molecule has 140 valence electrons. The molecule has 3 heterocycles. The standard InChI is InChI=1S/C20H29N5O/c1-21-20(23-12-10-17-8-3-4-11-22-17)24-16-18(19-9-7-15-26-19)25-13-5-2-6-14-25/h3-4,7-9,11,15,18H,2,5-6,10,12-14,16H2,1H3,(H2,21,23,24). The number of rotatable bonds is 7. The van der Waals surface area contributed by atoms with E-state index in [1.807, 2.05) is 30.5 Å². The number of hydrogen-bond acceptors (Lipinski definition) is 4. The Hall–Kier alpha value is -2.34. The van der Waals surface area contributed by atoms with Gasteiger partial charge in [-0.2, -0.15) is 0 Å². The summed E-state index contributed by atoms with van der Waals surface area (Å²) < 4.78 is 5.70. The molecular formula is C20H29N5O. The first-order chi connectivity index (χ1) is 12.9. The van der Waals surface area contributed by atoms with E-state index in [-0.39, 0.29) is 6.04 Å². The Kier molecular flexibility index (Phi) is 7.07. The smallest absolute Gasteiger partial charge is 0.191 e. The number of hydrogen-bond donors (Lipinski definition) is 2. The fourth-order valence-electron chi connectivity index (χ4n) is 3.39. The molecule has 1 aliphatic heterocycles. The van der Waals surface area contributed by atoms with Gasteiger partial charge in [-0.3, -0.25) is 14.9 Å². The number of nitrogens with zero attached hydrogens (tertiary/aromatic N) is 3. The zero-order valence-electron chi connectivity index (χ0n) is 15.5. The predicted molar refractivity (Wildman–Crippen MR) is 104 cm³/mol. The topological polar surface area (TPSA) is 65.7 Å². The van der Waals surface area contributed by atoms with Crippen LogP contribution >= 0.6 is 0 Å². The lowest BCUT2D eigenvalue weighted by Crippen LogP contribution is -2.44. The quantitative estimate of drug-likeness (QED) is 0.590. The van der Waals surface area contributed by atoms with Crippen molar-refractivity contribution in [2.75, 3.05) is 33.2 Å². The van der Waals surface area contributed by atoms with Gasteiger partial charge < -0.3 is 15.1 Å². The zero-order valence-corrected chi connectivity index (χ0v) is 15.5. The number of aliphatic imine (C=N–C) groups is 1. The highest BCUT2D eigenvalue weighted by Crippen LogP contribution is 2.24. The van der Waals surface area contributed by atoms with E-state index in [9.17, 15) is 0 Å². The molecule has 1 aliphatic rings. The number of aromatic nitrogens is 1. The van der Waals surface area contributed by atoms with Crippen molar-refractivity contribution in [3.8, 4) is 0 Å². The van der Waals surface area contributed by atoms with Crippen molar-refractivity contribution < 1.29 is 4.42 Å². The molecule has 0 aliphatic carbocycles. The Morgan fingerprint density at radius 2 is 2.08 bits per heavy atom. The minimum atomic E-state index is 0.236. The highest BCUT2D eigenvalue weighted by Gasteiger charge is 2.24. The monoisotopic (exact) mass is 355 g/mol. The average Bonchev–Trinajstić information content (AvgIpc) is 3.23. The molecule has 0 aromatic carbocycles. The Morgan fingerprint density at radius 1 is 1.19 bits per heavy atom. The lowest BCUT2D eigenvalue weighted by Gasteiger charge is -2.33. The minimum absolute atomic E-state index is 0.236. The van der Waals surface area contributed by atoms with Crippen molar-refractivity contribution in [1.29, 1.82) is 0 Å². The molecule has 26 heavy (non-hydrogen) atoms. The average molecular weight is 355 g/mol. The third-order valence-electron chi connectivity index (χ3n) is 4.79. The van der Waals surface area contributed by atoms with Gasteiger partial charge in [-0.1, -0.05) is 12.5 Å². The van der Waals surface area contributed by atoms with Crippen LogP contribution in [0.3, 0.4) is 0 Å². The third-order valence-corrected chi connectivity index (χ3v) is 4.79. The lowest BCUT2D eigenvalue weighted by molar-refractivity contribution is 0.146. The maximum absolute atomic E-state index is 5.70. The summed E-state index contributed by atoms with van der Waals surface area (Å²) in [6.07, 6.45) is 8.30. The SMILES string of the molecule is CN=C(NCCc1ccccn1)NCC(c1ccco1)N1CCCCC1. The van der Waals surface area contributed by atoms with Gasteiger partial charge in [0.2, 0.25) is 0 Å². The van der Waals surface area contributed by atoms with Crippen LogP contribution in [0.2, 0.25) is 0 Å². The number of furan rings is 1. The number of pyridine rings is 1. The van der Waals surface area contributed by atoms with Gasteiger partial charge >= 0.3 is 0 Å². The summed E-state index contributed by atoms with van der Waals surface area (Å²) >= 11 is 0. The van der Waals surface area contributed by atoms with E-state index in [4.69, 9.17) is 4.42 Å². The Labute approximate surface area is 155 Å². The molecule has 3 rings (SSSR count). The van der Waals surface area contributed by atoms with Crippen LogP contribution in [0.25, 0.3) is 0 Å². The Balaban J connectivity index is 1.51. The molecule has 0 amide bonds.